The van der Waals surface area contributed by atoms with Crippen LogP contribution < -0.4 is 21.3 Å². The van der Waals surface area contributed by atoms with Gasteiger partial charge in [-0.05, 0) is 44.0 Å². The lowest BCUT2D eigenvalue weighted by atomic mass is 10.1. The molecule has 114 valence electrons. The highest BCUT2D eigenvalue weighted by Crippen LogP contribution is 2.19. The molecule has 1 atom stereocenters. The minimum atomic E-state index is -0.0808. The highest BCUT2D eigenvalue weighted by molar-refractivity contribution is 5.95. The van der Waals surface area contributed by atoms with Crippen molar-refractivity contribution in [2.24, 2.45) is 5.73 Å². The molecule has 0 saturated carbocycles. The van der Waals surface area contributed by atoms with E-state index in [1.54, 1.807) is 4.90 Å². The summed E-state index contributed by atoms with van der Waals surface area (Å²) >= 11 is 0. The maximum Gasteiger partial charge on any atom is 0.321 e. The van der Waals surface area contributed by atoms with Crippen LogP contribution in [0, 0.1) is 0 Å². The third-order valence-electron chi connectivity index (χ3n) is 3.38. The van der Waals surface area contributed by atoms with Gasteiger partial charge in [0.25, 0.3) is 0 Å². The van der Waals surface area contributed by atoms with E-state index in [2.05, 4.69) is 10.6 Å². The molecule has 6 heteroatoms. The number of rotatable bonds is 6. The average Bonchev–Trinajstić information content (AvgIpc) is 2.85. The summed E-state index contributed by atoms with van der Waals surface area (Å²) in [7, 11) is 0. The number of nitrogens with two attached hydrogens (primary N) is 1. The molecule has 0 bridgehead atoms. The number of carbonyl (C=O) groups is 2. The molecule has 0 radical (unpaired) electrons. The van der Waals surface area contributed by atoms with E-state index in [-0.39, 0.29) is 18.0 Å². The van der Waals surface area contributed by atoms with Gasteiger partial charge in [-0.15, -0.1) is 0 Å². The molecular formula is C15H22N4O2. The van der Waals surface area contributed by atoms with Gasteiger partial charge in [0.2, 0.25) is 5.91 Å². The van der Waals surface area contributed by atoms with Crippen LogP contribution in [0.4, 0.5) is 16.2 Å². The predicted molar refractivity (Wildman–Crippen MR) is 83.3 cm³/mol. The van der Waals surface area contributed by atoms with Gasteiger partial charge in [-0.3, -0.25) is 9.69 Å². The summed E-state index contributed by atoms with van der Waals surface area (Å²) in [5.74, 6) is -0.0117. The van der Waals surface area contributed by atoms with Crippen LogP contribution in [0.5, 0.6) is 0 Å². The Morgan fingerprint density at radius 3 is 2.71 bits per heavy atom. The summed E-state index contributed by atoms with van der Waals surface area (Å²) in [6.07, 6.45) is 2.10. The zero-order valence-corrected chi connectivity index (χ0v) is 12.3. The highest BCUT2D eigenvalue weighted by atomic mass is 16.2. The van der Waals surface area contributed by atoms with Crippen molar-refractivity contribution < 1.29 is 9.59 Å². The molecule has 3 amide bonds. The van der Waals surface area contributed by atoms with Crippen LogP contribution in [-0.2, 0) is 4.79 Å². The quantitative estimate of drug-likeness (QED) is 0.744. The second-order valence-electron chi connectivity index (χ2n) is 5.35. The van der Waals surface area contributed by atoms with E-state index in [9.17, 15) is 9.59 Å². The zero-order valence-electron chi connectivity index (χ0n) is 12.3. The Labute approximate surface area is 124 Å². The van der Waals surface area contributed by atoms with Crippen LogP contribution in [0.3, 0.4) is 0 Å². The third-order valence-corrected chi connectivity index (χ3v) is 3.38. The lowest BCUT2D eigenvalue weighted by Crippen LogP contribution is -2.27. The van der Waals surface area contributed by atoms with Gasteiger partial charge in [-0.25, -0.2) is 4.79 Å². The van der Waals surface area contributed by atoms with E-state index in [0.717, 1.165) is 24.2 Å². The Bertz CT molecular complexity index is 499. The van der Waals surface area contributed by atoms with Crippen molar-refractivity contribution >= 4 is 23.3 Å². The fourth-order valence-corrected chi connectivity index (χ4v) is 2.25. The van der Waals surface area contributed by atoms with E-state index in [0.29, 0.717) is 19.5 Å². The number of nitrogens with zero attached hydrogens (tertiary/aromatic N) is 1. The SMILES string of the molecule is CC(N)CCCC(=O)Nc1ccc(N2CCNC2=O)cc1. The molecule has 6 nitrogen and oxygen atoms in total. The second-order valence-corrected chi connectivity index (χ2v) is 5.35. The van der Waals surface area contributed by atoms with E-state index < -0.39 is 0 Å². The van der Waals surface area contributed by atoms with Gasteiger partial charge in [0, 0.05) is 36.9 Å². The number of carbonyl (C=O) groups excluding carboxylic acids is 2. The smallest absolute Gasteiger partial charge is 0.321 e. The maximum atomic E-state index is 11.8. The minimum absolute atomic E-state index is 0.0117. The first kappa shape index (κ1) is 15.3. The molecule has 0 aromatic heterocycles. The molecule has 2 rings (SSSR count). The molecule has 1 aliphatic rings. The number of benzene rings is 1. The third kappa shape index (κ3) is 4.46. The summed E-state index contributed by atoms with van der Waals surface area (Å²) < 4.78 is 0. The molecule has 0 aliphatic carbocycles. The molecule has 0 spiro atoms. The summed E-state index contributed by atoms with van der Waals surface area (Å²) in [5, 5.41) is 5.60. The number of nitrogens with one attached hydrogen (secondary N) is 2. The topological polar surface area (TPSA) is 87.5 Å². The van der Waals surface area contributed by atoms with Crippen LogP contribution in [0.2, 0.25) is 0 Å². The Morgan fingerprint density at radius 2 is 2.14 bits per heavy atom. The van der Waals surface area contributed by atoms with Gasteiger partial charge in [0.05, 0.1) is 0 Å². The first-order valence-electron chi connectivity index (χ1n) is 7.27. The summed E-state index contributed by atoms with van der Waals surface area (Å²) in [4.78, 5) is 25.0. The average molecular weight is 290 g/mol. The molecule has 1 saturated heterocycles. The Balaban J connectivity index is 1.84. The minimum Gasteiger partial charge on any atom is -0.336 e. The lowest BCUT2D eigenvalue weighted by Gasteiger charge is -2.14. The van der Waals surface area contributed by atoms with E-state index in [1.807, 2.05) is 31.2 Å². The van der Waals surface area contributed by atoms with Crippen molar-refractivity contribution in [3.05, 3.63) is 24.3 Å². The maximum absolute atomic E-state index is 11.8. The lowest BCUT2D eigenvalue weighted by molar-refractivity contribution is -0.116. The first-order chi connectivity index (χ1) is 10.1. The van der Waals surface area contributed by atoms with Crippen LogP contribution in [-0.4, -0.2) is 31.1 Å². The molecule has 4 N–H and O–H groups in total. The Hall–Kier alpha value is -2.08. The van der Waals surface area contributed by atoms with Gasteiger partial charge in [0.15, 0.2) is 0 Å². The normalized spacial score (nSPS) is 15.7. The summed E-state index contributed by atoms with van der Waals surface area (Å²) in [6, 6.07) is 7.34. The van der Waals surface area contributed by atoms with Gasteiger partial charge >= 0.3 is 6.03 Å². The fraction of sp³-hybridized carbons (Fsp3) is 0.467. The number of urea groups is 1. The molecule has 1 fully saturated rings. The van der Waals surface area contributed by atoms with Crippen LogP contribution in [0.25, 0.3) is 0 Å². The van der Waals surface area contributed by atoms with Crippen molar-refractivity contribution in [2.45, 2.75) is 32.2 Å². The van der Waals surface area contributed by atoms with Crippen molar-refractivity contribution in [3.8, 4) is 0 Å². The highest BCUT2D eigenvalue weighted by Gasteiger charge is 2.20. The van der Waals surface area contributed by atoms with E-state index >= 15 is 0 Å². The van der Waals surface area contributed by atoms with Crippen LogP contribution in [0.1, 0.15) is 26.2 Å². The molecule has 21 heavy (non-hydrogen) atoms. The first-order valence-corrected chi connectivity index (χ1v) is 7.27. The Kier molecular flexibility index (Phi) is 5.16. The molecule has 1 aromatic rings. The Morgan fingerprint density at radius 1 is 1.43 bits per heavy atom. The number of anilines is 2. The van der Waals surface area contributed by atoms with Crippen molar-refractivity contribution in [3.63, 3.8) is 0 Å². The molecule has 1 aliphatic heterocycles. The molecular weight excluding hydrogens is 268 g/mol. The van der Waals surface area contributed by atoms with E-state index in [1.165, 1.54) is 0 Å². The molecule has 1 unspecified atom stereocenters. The molecule has 1 aromatic carbocycles. The number of amides is 3. The van der Waals surface area contributed by atoms with Gasteiger partial charge in [0.1, 0.15) is 0 Å². The number of hydrogen-bond donors (Lipinski definition) is 3. The largest absolute Gasteiger partial charge is 0.336 e. The predicted octanol–water partition coefficient (Wildman–Crippen LogP) is 1.67. The van der Waals surface area contributed by atoms with Gasteiger partial charge in [-0.1, -0.05) is 0 Å². The monoisotopic (exact) mass is 290 g/mol. The summed E-state index contributed by atoms with van der Waals surface area (Å²) in [5.41, 5.74) is 7.22. The zero-order chi connectivity index (χ0) is 15.2. The van der Waals surface area contributed by atoms with E-state index in [4.69, 9.17) is 5.73 Å². The number of hydrogen-bond acceptors (Lipinski definition) is 3. The molecule has 1 heterocycles. The summed E-state index contributed by atoms with van der Waals surface area (Å²) in [6.45, 7) is 3.27. The van der Waals surface area contributed by atoms with Crippen molar-refractivity contribution in [2.75, 3.05) is 23.3 Å². The van der Waals surface area contributed by atoms with Crippen LogP contribution in [0.15, 0.2) is 24.3 Å². The van der Waals surface area contributed by atoms with Crippen molar-refractivity contribution in [1.29, 1.82) is 0 Å². The van der Waals surface area contributed by atoms with Gasteiger partial charge < -0.3 is 16.4 Å². The second kappa shape index (κ2) is 7.08. The van der Waals surface area contributed by atoms with Gasteiger partial charge in [-0.2, -0.15) is 0 Å². The standard InChI is InChI=1S/C15H22N4O2/c1-11(16)3-2-4-14(20)18-12-5-7-13(8-6-12)19-10-9-17-15(19)21/h5-8,11H,2-4,9-10,16H2,1H3,(H,17,21)(H,18,20). The van der Waals surface area contributed by atoms with Crippen LogP contribution >= 0.6 is 0 Å². The van der Waals surface area contributed by atoms with Crippen molar-refractivity contribution in [1.82, 2.24) is 5.32 Å². The fourth-order valence-electron chi connectivity index (χ4n) is 2.25.